The van der Waals surface area contributed by atoms with Crippen LogP contribution in [0.2, 0.25) is 0 Å². The van der Waals surface area contributed by atoms with Crippen LogP contribution in [0.15, 0.2) is 11.2 Å². The summed E-state index contributed by atoms with van der Waals surface area (Å²) in [4.78, 5) is 2.27. The molecule has 7 nitrogen and oxygen atoms in total. The fourth-order valence-electron chi connectivity index (χ4n) is 2.45. The first-order valence-electron chi connectivity index (χ1n) is 6.47. The SMILES string of the molecule is CCN1CCN(S(=O)(=O)c2[nH]ncc2CN)CC1C. The van der Waals surface area contributed by atoms with Crippen LogP contribution in [0, 0.1) is 0 Å². The van der Waals surface area contributed by atoms with E-state index in [9.17, 15) is 8.42 Å². The first-order valence-corrected chi connectivity index (χ1v) is 7.91. The maximum atomic E-state index is 12.5. The van der Waals surface area contributed by atoms with Gasteiger partial charge in [0.15, 0.2) is 5.03 Å². The van der Waals surface area contributed by atoms with Crippen molar-refractivity contribution in [2.75, 3.05) is 26.2 Å². The van der Waals surface area contributed by atoms with Gasteiger partial charge in [-0.25, -0.2) is 8.42 Å². The highest BCUT2D eigenvalue weighted by Gasteiger charge is 2.33. The zero-order valence-electron chi connectivity index (χ0n) is 11.3. The molecule has 8 heteroatoms. The number of likely N-dealkylation sites (N-methyl/N-ethyl adjacent to an activating group) is 1. The van der Waals surface area contributed by atoms with Crippen LogP contribution in [0.5, 0.6) is 0 Å². The molecule has 3 N–H and O–H groups in total. The first kappa shape index (κ1) is 14.4. The van der Waals surface area contributed by atoms with Crippen molar-refractivity contribution in [1.82, 2.24) is 19.4 Å². The Morgan fingerprint density at radius 3 is 2.84 bits per heavy atom. The molecule has 1 aliphatic rings. The topological polar surface area (TPSA) is 95.3 Å². The van der Waals surface area contributed by atoms with E-state index in [4.69, 9.17) is 5.73 Å². The van der Waals surface area contributed by atoms with Gasteiger partial charge in [-0.05, 0) is 13.5 Å². The van der Waals surface area contributed by atoms with Crippen LogP contribution in [0.3, 0.4) is 0 Å². The van der Waals surface area contributed by atoms with Crippen molar-refractivity contribution < 1.29 is 8.42 Å². The Labute approximate surface area is 113 Å². The molecule has 0 aromatic carbocycles. The number of hydrogen-bond donors (Lipinski definition) is 2. The van der Waals surface area contributed by atoms with Gasteiger partial charge in [0, 0.05) is 37.8 Å². The summed E-state index contributed by atoms with van der Waals surface area (Å²) in [6.07, 6.45) is 1.47. The van der Waals surface area contributed by atoms with E-state index >= 15 is 0 Å². The number of H-pyrrole nitrogens is 1. The van der Waals surface area contributed by atoms with Crippen LogP contribution >= 0.6 is 0 Å². The Hall–Kier alpha value is -0.960. The standard InChI is InChI=1S/C11H21N5O2S/c1-3-15-4-5-16(8-9(15)2)19(17,18)11-10(6-12)7-13-14-11/h7,9H,3-6,8,12H2,1-2H3,(H,13,14). The highest BCUT2D eigenvalue weighted by atomic mass is 32.2. The quantitative estimate of drug-likeness (QED) is 0.784. The lowest BCUT2D eigenvalue weighted by atomic mass is 10.2. The maximum absolute atomic E-state index is 12.5. The second-order valence-corrected chi connectivity index (χ2v) is 6.64. The second kappa shape index (κ2) is 5.58. The molecule has 2 rings (SSSR count). The van der Waals surface area contributed by atoms with Crippen LogP contribution in [0.25, 0.3) is 0 Å². The van der Waals surface area contributed by atoms with Crippen LogP contribution in [-0.2, 0) is 16.6 Å². The van der Waals surface area contributed by atoms with Crippen molar-refractivity contribution in [1.29, 1.82) is 0 Å². The number of nitrogens with one attached hydrogen (secondary N) is 1. The normalized spacial score (nSPS) is 22.8. The monoisotopic (exact) mass is 287 g/mol. The van der Waals surface area contributed by atoms with E-state index in [2.05, 4.69) is 22.0 Å². The molecule has 0 aliphatic carbocycles. The Morgan fingerprint density at radius 1 is 1.53 bits per heavy atom. The van der Waals surface area contributed by atoms with Gasteiger partial charge in [-0.3, -0.25) is 10.00 Å². The summed E-state index contributed by atoms with van der Waals surface area (Å²) >= 11 is 0. The molecule has 19 heavy (non-hydrogen) atoms. The minimum Gasteiger partial charge on any atom is -0.326 e. The second-order valence-electron chi connectivity index (χ2n) is 4.77. The number of aromatic amines is 1. The van der Waals surface area contributed by atoms with Crippen molar-refractivity contribution in [3.05, 3.63) is 11.8 Å². The van der Waals surface area contributed by atoms with Crippen LogP contribution in [-0.4, -0.2) is 60.0 Å². The average molecular weight is 287 g/mol. The number of nitrogens with two attached hydrogens (primary N) is 1. The summed E-state index contributed by atoms with van der Waals surface area (Å²) in [6.45, 7) is 6.98. The van der Waals surface area contributed by atoms with Crippen molar-refractivity contribution in [2.45, 2.75) is 31.5 Å². The number of nitrogens with zero attached hydrogens (tertiary/aromatic N) is 3. The number of hydrogen-bond acceptors (Lipinski definition) is 5. The molecule has 1 fully saturated rings. The molecule has 1 aromatic heterocycles. The first-order chi connectivity index (χ1) is 9.00. The molecule has 1 aliphatic heterocycles. The van der Waals surface area contributed by atoms with E-state index in [0.29, 0.717) is 18.7 Å². The van der Waals surface area contributed by atoms with Gasteiger partial charge in [0.2, 0.25) is 0 Å². The molecule has 2 heterocycles. The fraction of sp³-hybridized carbons (Fsp3) is 0.727. The third kappa shape index (κ3) is 2.66. The van der Waals surface area contributed by atoms with E-state index in [-0.39, 0.29) is 17.6 Å². The lowest BCUT2D eigenvalue weighted by Crippen LogP contribution is -2.53. The van der Waals surface area contributed by atoms with Gasteiger partial charge < -0.3 is 5.73 Å². The molecule has 0 spiro atoms. The summed E-state index contributed by atoms with van der Waals surface area (Å²) in [5.41, 5.74) is 6.07. The van der Waals surface area contributed by atoms with Gasteiger partial charge in [0.25, 0.3) is 10.0 Å². The molecule has 108 valence electrons. The third-order valence-electron chi connectivity index (χ3n) is 3.63. The van der Waals surface area contributed by atoms with Gasteiger partial charge in [0.1, 0.15) is 0 Å². The number of sulfonamides is 1. The minimum absolute atomic E-state index is 0.132. The number of aromatic nitrogens is 2. The Morgan fingerprint density at radius 2 is 2.26 bits per heavy atom. The van der Waals surface area contributed by atoms with Gasteiger partial charge in [-0.1, -0.05) is 6.92 Å². The molecule has 1 saturated heterocycles. The van der Waals surface area contributed by atoms with Gasteiger partial charge in [-0.2, -0.15) is 9.40 Å². The van der Waals surface area contributed by atoms with Gasteiger partial charge in [-0.15, -0.1) is 0 Å². The summed E-state index contributed by atoms with van der Waals surface area (Å²) in [6, 6.07) is 0.220. The van der Waals surface area contributed by atoms with E-state index < -0.39 is 10.0 Å². The molecule has 0 radical (unpaired) electrons. The molecular formula is C11H21N5O2S. The summed E-state index contributed by atoms with van der Waals surface area (Å²) in [5, 5.41) is 6.48. The summed E-state index contributed by atoms with van der Waals surface area (Å²) < 4.78 is 26.6. The minimum atomic E-state index is -3.52. The van der Waals surface area contributed by atoms with Crippen molar-refractivity contribution in [3.8, 4) is 0 Å². The lowest BCUT2D eigenvalue weighted by Gasteiger charge is -2.38. The van der Waals surface area contributed by atoms with E-state index in [1.165, 1.54) is 10.5 Å². The third-order valence-corrected chi connectivity index (χ3v) is 5.51. The van der Waals surface area contributed by atoms with E-state index in [1.54, 1.807) is 0 Å². The molecule has 0 saturated carbocycles. The summed E-state index contributed by atoms with van der Waals surface area (Å²) in [5.74, 6) is 0. The number of piperazine rings is 1. The average Bonchev–Trinajstić information content (AvgIpc) is 2.87. The zero-order valence-corrected chi connectivity index (χ0v) is 12.2. The van der Waals surface area contributed by atoms with Crippen LogP contribution < -0.4 is 5.73 Å². The zero-order chi connectivity index (χ0) is 14.0. The highest BCUT2D eigenvalue weighted by molar-refractivity contribution is 7.89. The predicted octanol–water partition coefficient (Wildman–Crippen LogP) is -0.417. The largest absolute Gasteiger partial charge is 0.326 e. The summed E-state index contributed by atoms with van der Waals surface area (Å²) in [7, 11) is -3.52. The van der Waals surface area contributed by atoms with E-state index in [0.717, 1.165) is 13.1 Å². The maximum Gasteiger partial charge on any atom is 0.260 e. The molecule has 1 unspecified atom stereocenters. The van der Waals surface area contributed by atoms with Gasteiger partial charge >= 0.3 is 0 Å². The fourth-order valence-corrected chi connectivity index (χ4v) is 4.07. The molecule has 1 atom stereocenters. The Bertz CT molecular complexity index is 527. The van der Waals surface area contributed by atoms with Crippen LogP contribution in [0.1, 0.15) is 19.4 Å². The molecule has 1 aromatic rings. The highest BCUT2D eigenvalue weighted by Crippen LogP contribution is 2.20. The van der Waals surface area contributed by atoms with Crippen LogP contribution in [0.4, 0.5) is 0 Å². The van der Waals surface area contributed by atoms with Crippen molar-refractivity contribution >= 4 is 10.0 Å². The Kier molecular flexibility index (Phi) is 4.24. The lowest BCUT2D eigenvalue weighted by molar-refractivity contribution is 0.135. The molecule has 0 amide bonds. The number of rotatable bonds is 4. The molecular weight excluding hydrogens is 266 g/mol. The smallest absolute Gasteiger partial charge is 0.260 e. The van der Waals surface area contributed by atoms with Gasteiger partial charge in [0.05, 0.1) is 6.20 Å². The van der Waals surface area contributed by atoms with E-state index in [1.807, 2.05) is 6.92 Å². The van der Waals surface area contributed by atoms with Crippen molar-refractivity contribution in [2.24, 2.45) is 5.73 Å². The van der Waals surface area contributed by atoms with Crippen molar-refractivity contribution in [3.63, 3.8) is 0 Å². The molecule has 0 bridgehead atoms. The Balaban J connectivity index is 2.22. The predicted molar refractivity (Wildman–Crippen MR) is 71.9 cm³/mol.